The predicted octanol–water partition coefficient (Wildman–Crippen LogP) is 2.89. The topological polar surface area (TPSA) is 53.1 Å². The molecule has 2 aromatic rings. The second-order valence-corrected chi connectivity index (χ2v) is 4.07. The molecule has 1 aromatic heterocycles. The highest BCUT2D eigenvalue weighted by Gasteiger charge is 2.16. The van der Waals surface area contributed by atoms with E-state index in [0.717, 1.165) is 18.5 Å². The monoisotopic (exact) mass is 249 g/mol. The minimum atomic E-state index is -0.421. The number of anilines is 1. The molecule has 2 N–H and O–H groups in total. The normalized spacial score (nSPS) is 10.6. The Bertz CT molecular complexity index is 551. The number of hydrogen-bond acceptors (Lipinski definition) is 3. The van der Waals surface area contributed by atoms with E-state index in [1.54, 1.807) is 25.2 Å². The van der Waals surface area contributed by atoms with Crippen LogP contribution in [0.1, 0.15) is 19.0 Å². The summed E-state index contributed by atoms with van der Waals surface area (Å²) in [7, 11) is 1.73. The average Bonchev–Trinajstić information content (AvgIpc) is 2.60. The van der Waals surface area contributed by atoms with Gasteiger partial charge in [-0.15, -0.1) is 0 Å². The van der Waals surface area contributed by atoms with E-state index in [2.05, 4.69) is 5.10 Å². The maximum atomic E-state index is 13.5. The van der Waals surface area contributed by atoms with Crippen LogP contribution in [0.15, 0.2) is 24.3 Å². The molecule has 4 nitrogen and oxygen atoms in total. The summed E-state index contributed by atoms with van der Waals surface area (Å²) in [5.74, 6) is 0.105. The fourth-order valence-corrected chi connectivity index (χ4v) is 1.75. The summed E-state index contributed by atoms with van der Waals surface area (Å²) < 4.78 is 20.5. The van der Waals surface area contributed by atoms with Gasteiger partial charge in [-0.25, -0.2) is 9.07 Å². The molecular formula is C13H16FN3O. The molecule has 18 heavy (non-hydrogen) atoms. The summed E-state index contributed by atoms with van der Waals surface area (Å²) in [5, 5.41) is 4.27. The molecule has 1 aromatic carbocycles. The van der Waals surface area contributed by atoms with Crippen LogP contribution in [0, 0.1) is 5.82 Å². The first-order valence-electron chi connectivity index (χ1n) is 5.87. The second kappa shape index (κ2) is 5.08. The quantitative estimate of drug-likeness (QED) is 0.906. The van der Waals surface area contributed by atoms with Crippen LogP contribution in [0.25, 0.3) is 0 Å². The van der Waals surface area contributed by atoms with E-state index in [4.69, 9.17) is 10.5 Å². The molecule has 0 saturated carbocycles. The molecule has 0 spiro atoms. The summed E-state index contributed by atoms with van der Waals surface area (Å²) in [6, 6.07) is 6.21. The van der Waals surface area contributed by atoms with Crippen LogP contribution in [0.5, 0.6) is 11.6 Å². The minimum Gasteiger partial charge on any atom is -0.434 e. The highest BCUT2D eigenvalue weighted by Crippen LogP contribution is 2.31. The van der Waals surface area contributed by atoms with Crippen molar-refractivity contribution in [2.45, 2.75) is 19.8 Å². The summed E-state index contributed by atoms with van der Waals surface area (Å²) in [6.07, 6.45) is 1.72. The SMILES string of the molecule is CCCc1nn(C)c(Oc2ccccc2F)c1N. The van der Waals surface area contributed by atoms with Gasteiger partial charge in [0.15, 0.2) is 11.6 Å². The van der Waals surface area contributed by atoms with E-state index in [1.165, 1.54) is 10.7 Å². The average molecular weight is 249 g/mol. The standard InChI is InChI=1S/C13H16FN3O/c1-3-6-10-12(15)13(17(2)16-10)18-11-8-5-4-7-9(11)14/h4-5,7-8H,3,6,15H2,1-2H3. The van der Waals surface area contributed by atoms with Crippen LogP contribution in [-0.4, -0.2) is 9.78 Å². The lowest BCUT2D eigenvalue weighted by Crippen LogP contribution is -1.98. The number of hydrogen-bond donors (Lipinski definition) is 1. The van der Waals surface area contributed by atoms with Crippen molar-refractivity contribution in [2.24, 2.45) is 7.05 Å². The molecule has 2 rings (SSSR count). The molecule has 0 atom stereocenters. The zero-order chi connectivity index (χ0) is 13.1. The minimum absolute atomic E-state index is 0.148. The number of halogens is 1. The number of para-hydroxylation sites is 1. The second-order valence-electron chi connectivity index (χ2n) is 4.07. The Balaban J connectivity index is 2.32. The summed E-state index contributed by atoms with van der Waals surface area (Å²) in [6.45, 7) is 2.05. The molecule has 96 valence electrons. The number of nitrogens with two attached hydrogens (primary N) is 1. The van der Waals surface area contributed by atoms with E-state index in [-0.39, 0.29) is 5.75 Å². The van der Waals surface area contributed by atoms with Gasteiger partial charge in [0.05, 0.1) is 5.69 Å². The summed E-state index contributed by atoms with van der Waals surface area (Å²) in [5.41, 5.74) is 7.22. The highest BCUT2D eigenvalue weighted by molar-refractivity contribution is 5.54. The van der Waals surface area contributed by atoms with Crippen LogP contribution >= 0.6 is 0 Å². The van der Waals surface area contributed by atoms with Gasteiger partial charge in [0.2, 0.25) is 5.88 Å². The van der Waals surface area contributed by atoms with Gasteiger partial charge in [0.1, 0.15) is 5.69 Å². The Hall–Kier alpha value is -2.04. The molecule has 0 aliphatic rings. The van der Waals surface area contributed by atoms with Crippen molar-refractivity contribution < 1.29 is 9.13 Å². The number of nitrogens with zero attached hydrogens (tertiary/aromatic N) is 2. The Kier molecular flexibility index (Phi) is 3.50. The Labute approximate surface area is 105 Å². The molecule has 1 heterocycles. The lowest BCUT2D eigenvalue weighted by molar-refractivity contribution is 0.405. The first-order chi connectivity index (χ1) is 8.63. The van der Waals surface area contributed by atoms with Gasteiger partial charge in [-0.05, 0) is 18.6 Å². The van der Waals surface area contributed by atoms with E-state index in [0.29, 0.717) is 11.6 Å². The van der Waals surface area contributed by atoms with E-state index in [9.17, 15) is 4.39 Å². The van der Waals surface area contributed by atoms with Crippen molar-refractivity contribution in [2.75, 3.05) is 5.73 Å². The van der Waals surface area contributed by atoms with E-state index in [1.807, 2.05) is 6.92 Å². The highest BCUT2D eigenvalue weighted by atomic mass is 19.1. The lowest BCUT2D eigenvalue weighted by Gasteiger charge is -2.07. The first kappa shape index (κ1) is 12.4. The molecule has 0 amide bonds. The third-order valence-corrected chi connectivity index (χ3v) is 2.64. The smallest absolute Gasteiger partial charge is 0.241 e. The lowest BCUT2D eigenvalue weighted by atomic mass is 10.2. The van der Waals surface area contributed by atoms with Crippen LogP contribution in [-0.2, 0) is 13.5 Å². The summed E-state index contributed by atoms with van der Waals surface area (Å²) in [4.78, 5) is 0. The molecule has 5 heteroatoms. The van der Waals surface area contributed by atoms with Crippen molar-refractivity contribution in [1.82, 2.24) is 9.78 Å². The maximum absolute atomic E-state index is 13.5. The van der Waals surface area contributed by atoms with Crippen molar-refractivity contribution in [1.29, 1.82) is 0 Å². The van der Waals surface area contributed by atoms with Crippen molar-refractivity contribution in [3.63, 3.8) is 0 Å². The number of rotatable bonds is 4. The van der Waals surface area contributed by atoms with Gasteiger partial charge in [-0.3, -0.25) is 0 Å². The first-order valence-corrected chi connectivity index (χ1v) is 5.87. The summed E-state index contributed by atoms with van der Waals surface area (Å²) >= 11 is 0. The number of benzene rings is 1. The maximum Gasteiger partial charge on any atom is 0.241 e. The molecule has 0 unspecified atom stereocenters. The van der Waals surface area contributed by atoms with Gasteiger partial charge >= 0.3 is 0 Å². The Morgan fingerprint density at radius 2 is 2.11 bits per heavy atom. The Morgan fingerprint density at radius 3 is 2.78 bits per heavy atom. The molecule has 0 aliphatic heterocycles. The van der Waals surface area contributed by atoms with Crippen molar-refractivity contribution in [3.05, 3.63) is 35.8 Å². The van der Waals surface area contributed by atoms with Gasteiger partial charge in [0.25, 0.3) is 0 Å². The predicted molar refractivity (Wildman–Crippen MR) is 68.1 cm³/mol. The van der Waals surface area contributed by atoms with Gasteiger partial charge < -0.3 is 10.5 Å². The molecule has 0 radical (unpaired) electrons. The van der Waals surface area contributed by atoms with Gasteiger partial charge in [-0.2, -0.15) is 5.10 Å². The molecule has 0 saturated heterocycles. The molecule has 0 fully saturated rings. The third kappa shape index (κ3) is 2.30. The number of aromatic nitrogens is 2. The van der Waals surface area contributed by atoms with E-state index < -0.39 is 5.82 Å². The number of nitrogen functional groups attached to an aromatic ring is 1. The fourth-order valence-electron chi connectivity index (χ4n) is 1.75. The van der Waals surface area contributed by atoms with Crippen LogP contribution < -0.4 is 10.5 Å². The molecule has 0 bridgehead atoms. The van der Waals surface area contributed by atoms with Crippen LogP contribution in [0.3, 0.4) is 0 Å². The number of ether oxygens (including phenoxy) is 1. The van der Waals surface area contributed by atoms with Crippen molar-refractivity contribution >= 4 is 5.69 Å². The molecule has 0 aliphatic carbocycles. The van der Waals surface area contributed by atoms with Crippen LogP contribution in [0.2, 0.25) is 0 Å². The zero-order valence-electron chi connectivity index (χ0n) is 10.5. The third-order valence-electron chi connectivity index (χ3n) is 2.64. The van der Waals surface area contributed by atoms with Crippen LogP contribution in [0.4, 0.5) is 10.1 Å². The largest absolute Gasteiger partial charge is 0.434 e. The van der Waals surface area contributed by atoms with Gasteiger partial charge in [-0.1, -0.05) is 25.5 Å². The Morgan fingerprint density at radius 1 is 1.39 bits per heavy atom. The number of aryl methyl sites for hydroxylation is 2. The van der Waals surface area contributed by atoms with Crippen molar-refractivity contribution in [3.8, 4) is 11.6 Å². The van der Waals surface area contributed by atoms with E-state index >= 15 is 0 Å². The fraction of sp³-hybridized carbons (Fsp3) is 0.308. The molecular weight excluding hydrogens is 233 g/mol. The van der Waals surface area contributed by atoms with Gasteiger partial charge in [0, 0.05) is 7.05 Å². The zero-order valence-corrected chi connectivity index (χ0v) is 10.5.